The number of likely N-dealkylation sites (N-methyl/N-ethyl adjacent to an activating group) is 1. The topological polar surface area (TPSA) is 69.9 Å². The van der Waals surface area contributed by atoms with Gasteiger partial charge in [-0.2, -0.15) is 0 Å². The summed E-state index contributed by atoms with van der Waals surface area (Å²) in [5.41, 5.74) is 6.19. The molecule has 140 valence electrons. The molecule has 4 fully saturated rings. The van der Waals surface area contributed by atoms with Gasteiger partial charge in [0.05, 0.1) is 5.92 Å². The van der Waals surface area contributed by atoms with Gasteiger partial charge in [0.15, 0.2) is 0 Å². The number of nitrogens with zero attached hydrogens (tertiary/aromatic N) is 3. The van der Waals surface area contributed by atoms with E-state index in [0.29, 0.717) is 30.8 Å². The Morgan fingerprint density at radius 3 is 2.80 bits per heavy atom. The molecule has 4 aliphatic rings. The van der Waals surface area contributed by atoms with Crippen molar-refractivity contribution in [3.63, 3.8) is 0 Å². The van der Waals surface area contributed by atoms with Crippen LogP contribution in [0.3, 0.4) is 0 Å². The minimum Gasteiger partial charge on any atom is -0.342 e. The molecule has 4 rings (SSSR count). The van der Waals surface area contributed by atoms with Crippen molar-refractivity contribution in [2.75, 3.05) is 39.3 Å². The Labute approximate surface area is 150 Å². The van der Waals surface area contributed by atoms with Crippen LogP contribution in [0.25, 0.3) is 0 Å². The average Bonchev–Trinajstić information content (AvgIpc) is 3.34. The Balaban J connectivity index is 1.33. The van der Waals surface area contributed by atoms with Crippen LogP contribution in [0.5, 0.6) is 0 Å². The van der Waals surface area contributed by atoms with Crippen molar-refractivity contribution < 1.29 is 9.59 Å². The fourth-order valence-electron chi connectivity index (χ4n) is 5.63. The Morgan fingerprint density at radius 1 is 1.20 bits per heavy atom. The van der Waals surface area contributed by atoms with Gasteiger partial charge < -0.3 is 15.5 Å². The third-order valence-electron chi connectivity index (χ3n) is 7.12. The lowest BCUT2D eigenvalue weighted by molar-refractivity contribution is -0.135. The molecular formula is C19H32N4O2. The lowest BCUT2D eigenvalue weighted by Gasteiger charge is -2.28. The van der Waals surface area contributed by atoms with Crippen molar-refractivity contribution in [3.05, 3.63) is 0 Å². The molecule has 3 saturated heterocycles. The fourth-order valence-corrected chi connectivity index (χ4v) is 5.63. The summed E-state index contributed by atoms with van der Waals surface area (Å²) >= 11 is 0. The van der Waals surface area contributed by atoms with E-state index in [9.17, 15) is 9.59 Å². The van der Waals surface area contributed by atoms with Crippen molar-refractivity contribution in [2.45, 2.75) is 51.1 Å². The van der Waals surface area contributed by atoms with E-state index in [0.717, 1.165) is 45.6 Å². The second-order valence-corrected chi connectivity index (χ2v) is 8.53. The summed E-state index contributed by atoms with van der Waals surface area (Å²) in [4.78, 5) is 31.8. The molecule has 0 aromatic carbocycles. The maximum Gasteiger partial charge on any atom is 0.228 e. The molecule has 2 N–H and O–H groups in total. The van der Waals surface area contributed by atoms with Crippen LogP contribution in [0.1, 0.15) is 39.0 Å². The number of hydrogen-bond acceptors (Lipinski definition) is 4. The highest BCUT2D eigenvalue weighted by Gasteiger charge is 2.45. The van der Waals surface area contributed by atoms with E-state index in [2.05, 4.69) is 11.8 Å². The van der Waals surface area contributed by atoms with Crippen molar-refractivity contribution >= 4 is 11.8 Å². The smallest absolute Gasteiger partial charge is 0.228 e. The van der Waals surface area contributed by atoms with Gasteiger partial charge in [0, 0.05) is 44.7 Å². The van der Waals surface area contributed by atoms with Crippen molar-refractivity contribution in [1.29, 1.82) is 0 Å². The SMILES string of the molecule is CCN1CCCC1CN1CC(C(=O)N2CC3CCC(N)C3C2)CC1=O. The molecule has 0 spiro atoms. The van der Waals surface area contributed by atoms with Crippen molar-refractivity contribution in [1.82, 2.24) is 14.7 Å². The van der Waals surface area contributed by atoms with Gasteiger partial charge in [0.2, 0.25) is 11.8 Å². The summed E-state index contributed by atoms with van der Waals surface area (Å²) < 4.78 is 0. The lowest BCUT2D eigenvalue weighted by atomic mass is 9.98. The Bertz CT molecular complexity index is 540. The van der Waals surface area contributed by atoms with E-state index in [1.54, 1.807) is 0 Å². The maximum atomic E-state index is 12.9. The van der Waals surface area contributed by atoms with Crippen LogP contribution in [-0.4, -0.2) is 77.9 Å². The van der Waals surface area contributed by atoms with Crippen molar-refractivity contribution in [2.24, 2.45) is 23.5 Å². The molecule has 0 aromatic heterocycles. The molecule has 0 bridgehead atoms. The van der Waals surface area contributed by atoms with Gasteiger partial charge in [-0.05, 0) is 50.6 Å². The summed E-state index contributed by atoms with van der Waals surface area (Å²) in [6.07, 6.45) is 5.04. The van der Waals surface area contributed by atoms with Gasteiger partial charge in [-0.1, -0.05) is 6.92 Å². The summed E-state index contributed by atoms with van der Waals surface area (Å²) in [6.45, 7) is 7.45. The highest BCUT2D eigenvalue weighted by Crippen LogP contribution is 2.38. The maximum absolute atomic E-state index is 12.9. The molecular weight excluding hydrogens is 316 g/mol. The standard InChI is InChI=1S/C19H32N4O2/c1-2-21-7-3-4-15(21)11-22-10-14(8-18(22)24)19(25)23-9-13-5-6-17(20)16(13)12-23/h13-17H,2-12,20H2,1H3. The number of hydrogen-bond donors (Lipinski definition) is 1. The van der Waals surface area contributed by atoms with E-state index < -0.39 is 0 Å². The molecule has 0 aromatic rings. The van der Waals surface area contributed by atoms with Crippen molar-refractivity contribution in [3.8, 4) is 0 Å². The van der Waals surface area contributed by atoms with E-state index in [-0.39, 0.29) is 23.8 Å². The molecule has 1 aliphatic carbocycles. The molecule has 2 amide bonds. The van der Waals surface area contributed by atoms with Gasteiger partial charge in [0.1, 0.15) is 0 Å². The molecule has 5 unspecified atom stereocenters. The molecule has 6 nitrogen and oxygen atoms in total. The van der Waals surface area contributed by atoms with E-state index in [4.69, 9.17) is 5.73 Å². The molecule has 3 aliphatic heterocycles. The Hall–Kier alpha value is -1.14. The number of fused-ring (bicyclic) bond motifs is 1. The number of amides is 2. The molecule has 0 radical (unpaired) electrons. The molecule has 3 heterocycles. The predicted octanol–water partition coefficient (Wildman–Crippen LogP) is 0.515. The number of rotatable bonds is 4. The third-order valence-corrected chi connectivity index (χ3v) is 7.12. The molecule has 25 heavy (non-hydrogen) atoms. The van der Waals surface area contributed by atoms with Crippen LogP contribution in [-0.2, 0) is 9.59 Å². The average molecular weight is 348 g/mol. The highest BCUT2D eigenvalue weighted by molar-refractivity contribution is 5.89. The molecule has 6 heteroatoms. The first-order valence-corrected chi connectivity index (χ1v) is 10.1. The van der Waals surface area contributed by atoms with Crippen LogP contribution in [0.15, 0.2) is 0 Å². The van der Waals surface area contributed by atoms with Gasteiger partial charge in [-0.3, -0.25) is 14.5 Å². The minimum absolute atomic E-state index is 0.140. The van der Waals surface area contributed by atoms with Gasteiger partial charge >= 0.3 is 0 Å². The summed E-state index contributed by atoms with van der Waals surface area (Å²) in [6, 6.07) is 0.735. The first kappa shape index (κ1) is 17.3. The summed E-state index contributed by atoms with van der Waals surface area (Å²) in [5.74, 6) is 1.28. The Morgan fingerprint density at radius 2 is 2.04 bits per heavy atom. The zero-order valence-corrected chi connectivity index (χ0v) is 15.4. The highest BCUT2D eigenvalue weighted by atomic mass is 16.2. The lowest BCUT2D eigenvalue weighted by Crippen LogP contribution is -2.42. The number of likely N-dealkylation sites (tertiary alicyclic amines) is 3. The van der Waals surface area contributed by atoms with Crippen LogP contribution in [0, 0.1) is 17.8 Å². The summed E-state index contributed by atoms with van der Waals surface area (Å²) in [7, 11) is 0. The van der Waals surface area contributed by atoms with Gasteiger partial charge in [-0.15, -0.1) is 0 Å². The van der Waals surface area contributed by atoms with E-state index >= 15 is 0 Å². The van der Waals surface area contributed by atoms with Gasteiger partial charge in [0.25, 0.3) is 0 Å². The minimum atomic E-state index is -0.140. The molecule has 5 atom stereocenters. The second-order valence-electron chi connectivity index (χ2n) is 8.53. The quantitative estimate of drug-likeness (QED) is 0.804. The zero-order valence-electron chi connectivity index (χ0n) is 15.4. The van der Waals surface area contributed by atoms with Crippen LogP contribution in [0.4, 0.5) is 0 Å². The largest absolute Gasteiger partial charge is 0.342 e. The monoisotopic (exact) mass is 348 g/mol. The fraction of sp³-hybridized carbons (Fsp3) is 0.895. The number of carbonyl (C=O) groups excluding carboxylic acids is 2. The van der Waals surface area contributed by atoms with E-state index in [1.165, 1.54) is 12.8 Å². The number of carbonyl (C=O) groups is 2. The second kappa shape index (κ2) is 6.88. The Kier molecular flexibility index (Phi) is 4.75. The van der Waals surface area contributed by atoms with E-state index in [1.807, 2.05) is 9.80 Å². The third kappa shape index (κ3) is 3.19. The summed E-state index contributed by atoms with van der Waals surface area (Å²) in [5, 5.41) is 0. The first-order valence-electron chi connectivity index (χ1n) is 10.1. The predicted molar refractivity (Wildman–Crippen MR) is 95.7 cm³/mol. The zero-order chi connectivity index (χ0) is 17.6. The van der Waals surface area contributed by atoms with Gasteiger partial charge in [-0.25, -0.2) is 0 Å². The van der Waals surface area contributed by atoms with Crippen LogP contribution < -0.4 is 5.73 Å². The first-order chi connectivity index (χ1) is 12.1. The molecule has 1 saturated carbocycles. The van der Waals surface area contributed by atoms with Crippen LogP contribution >= 0.6 is 0 Å². The number of nitrogens with two attached hydrogens (primary N) is 1. The van der Waals surface area contributed by atoms with Crippen LogP contribution in [0.2, 0.25) is 0 Å². The normalized spacial score (nSPS) is 38.8.